The fourth-order valence-corrected chi connectivity index (χ4v) is 6.83. The summed E-state index contributed by atoms with van der Waals surface area (Å²) in [5, 5.41) is 64.0. The van der Waals surface area contributed by atoms with Gasteiger partial charge in [-0.15, -0.1) is 0 Å². The number of carbonyl (C=O) groups is 1. The van der Waals surface area contributed by atoms with Crippen LogP contribution in [0.15, 0.2) is 16.8 Å². The molecule has 2 saturated carbocycles. The number of hydrogen-bond acceptors (Lipinski definition) is 15. The normalized spacial score (nSPS) is 43.2. The molecule has 2 aliphatic heterocycles. The molecule has 4 aliphatic rings. The van der Waals surface area contributed by atoms with E-state index in [0.29, 0.717) is 25.1 Å². The van der Waals surface area contributed by atoms with Gasteiger partial charge in [-0.2, -0.15) is 0 Å². The minimum atomic E-state index is -1.87. The van der Waals surface area contributed by atoms with Gasteiger partial charge in [0.25, 0.3) is 5.91 Å². The van der Waals surface area contributed by atoms with Gasteiger partial charge in [0.1, 0.15) is 29.7 Å². The van der Waals surface area contributed by atoms with E-state index in [-0.39, 0.29) is 38.5 Å². The van der Waals surface area contributed by atoms with Crippen molar-refractivity contribution in [2.45, 2.75) is 111 Å². The molecule has 0 bridgehead atoms. The molecule has 0 spiro atoms. The van der Waals surface area contributed by atoms with E-state index in [4.69, 9.17) is 42.9 Å². The van der Waals surface area contributed by atoms with Crippen LogP contribution < -0.4 is 44.6 Å². The van der Waals surface area contributed by atoms with E-state index < -0.39 is 90.0 Å². The van der Waals surface area contributed by atoms with Crippen molar-refractivity contribution in [1.29, 1.82) is 0 Å². The molecule has 18 N–H and O–H groups in total. The van der Waals surface area contributed by atoms with Crippen molar-refractivity contribution in [3.63, 3.8) is 0 Å². The van der Waals surface area contributed by atoms with Crippen LogP contribution in [-0.2, 0) is 19.0 Å². The molecule has 14 unspecified atom stereocenters. The zero-order valence-electron chi connectivity index (χ0n) is 26.4. The topological polar surface area (TPSA) is 324 Å². The average Bonchev–Trinajstić information content (AvgIpc) is 3.64. The van der Waals surface area contributed by atoms with Crippen LogP contribution in [0.5, 0.6) is 0 Å². The molecule has 0 aromatic rings. The fourth-order valence-electron chi connectivity index (χ4n) is 6.83. The minimum Gasteiger partial charge on any atom is -0.492 e. The lowest BCUT2D eigenvalue weighted by molar-refractivity contribution is -0.297. The number of guanidine groups is 1. The molecular formula is C28H53N9O9. The van der Waals surface area contributed by atoms with Crippen molar-refractivity contribution in [3.8, 4) is 0 Å². The second-order valence-corrected chi connectivity index (χ2v) is 13.1. The van der Waals surface area contributed by atoms with Gasteiger partial charge in [0.15, 0.2) is 17.9 Å². The smallest absolute Gasteiger partial charge is 0.254 e. The Bertz CT molecular complexity index is 1110. The zero-order valence-corrected chi connectivity index (χ0v) is 26.4. The lowest BCUT2D eigenvalue weighted by atomic mass is 9.72. The molecule has 2 heterocycles. The summed E-state index contributed by atoms with van der Waals surface area (Å²) >= 11 is 0. The maximum absolute atomic E-state index is 13.3. The highest BCUT2D eigenvalue weighted by molar-refractivity contribution is 5.90. The van der Waals surface area contributed by atoms with Crippen LogP contribution >= 0.6 is 0 Å². The predicted octanol–water partition coefficient (Wildman–Crippen LogP) is -6.30. The molecule has 0 aromatic heterocycles. The Morgan fingerprint density at radius 2 is 1.93 bits per heavy atom. The van der Waals surface area contributed by atoms with E-state index in [9.17, 15) is 30.3 Å². The number of carbonyl (C=O) groups excluding carboxylic acids is 1. The highest BCUT2D eigenvalue weighted by Gasteiger charge is 2.61. The lowest BCUT2D eigenvalue weighted by Crippen LogP contribution is -2.70. The largest absolute Gasteiger partial charge is 0.492 e. The predicted molar refractivity (Wildman–Crippen MR) is 165 cm³/mol. The summed E-state index contributed by atoms with van der Waals surface area (Å²) in [6, 6.07) is -3.81. The zero-order chi connectivity index (χ0) is 34.0. The van der Waals surface area contributed by atoms with Gasteiger partial charge in [0.2, 0.25) is 0 Å². The highest BCUT2D eigenvalue weighted by Crippen LogP contribution is 2.41. The van der Waals surface area contributed by atoms with Gasteiger partial charge in [0, 0.05) is 31.0 Å². The van der Waals surface area contributed by atoms with Gasteiger partial charge in [0.05, 0.1) is 43.5 Å². The van der Waals surface area contributed by atoms with Crippen molar-refractivity contribution in [2.24, 2.45) is 39.6 Å². The quantitative estimate of drug-likeness (QED) is 0.0646. The van der Waals surface area contributed by atoms with E-state index in [1.165, 1.54) is 6.92 Å². The molecule has 2 aliphatic carbocycles. The second-order valence-electron chi connectivity index (χ2n) is 13.1. The number of nitrogens with one attached hydrogen (secondary N) is 3. The molecule has 46 heavy (non-hydrogen) atoms. The van der Waals surface area contributed by atoms with Crippen molar-refractivity contribution in [2.75, 3.05) is 33.3 Å². The first-order valence-corrected chi connectivity index (χ1v) is 15.7. The van der Waals surface area contributed by atoms with Crippen molar-refractivity contribution in [3.05, 3.63) is 11.8 Å². The molecule has 18 nitrogen and oxygen atoms in total. The van der Waals surface area contributed by atoms with Gasteiger partial charge in [-0.1, -0.05) is 0 Å². The minimum absolute atomic E-state index is 0.0109. The Labute approximate surface area is 268 Å². The first kappa shape index (κ1) is 36.6. The van der Waals surface area contributed by atoms with Crippen LogP contribution in [0.25, 0.3) is 0 Å². The van der Waals surface area contributed by atoms with E-state index >= 15 is 0 Å². The molecule has 3 fully saturated rings. The number of ether oxygens (including phenoxy) is 3. The molecular weight excluding hydrogens is 606 g/mol. The van der Waals surface area contributed by atoms with Crippen molar-refractivity contribution in [1.82, 2.24) is 16.0 Å². The number of aliphatic hydroxyl groups is 5. The molecule has 0 aromatic carbocycles. The molecule has 1 saturated heterocycles. The van der Waals surface area contributed by atoms with Gasteiger partial charge >= 0.3 is 0 Å². The Kier molecular flexibility index (Phi) is 11.9. The number of nitrogens with zero attached hydrogens (tertiary/aromatic N) is 1. The van der Waals surface area contributed by atoms with Gasteiger partial charge in [-0.25, -0.2) is 4.99 Å². The standard InChI is InChI=1S/C28H53N9O9/c1-27(42)11-44-24(20(40)23(27)34-2)46-22-16(36-25(41)28(43)8-17(28)37-26(32)33)7-14(31)18(19(22)39)21-15(4-3-13(9-30)45-21)35-10-12(38)5-6-29/h3,12,14-24,34-35,38-40,42-43H,4-11,29-31H2,1-2H3,(H,36,41)(H4,32,33,37). The number of nitrogens with two attached hydrogens (primary N) is 5. The van der Waals surface area contributed by atoms with E-state index in [1.807, 2.05) is 6.08 Å². The summed E-state index contributed by atoms with van der Waals surface area (Å²) in [4.78, 5) is 17.2. The van der Waals surface area contributed by atoms with Crippen LogP contribution in [0.2, 0.25) is 0 Å². The number of amides is 1. The second kappa shape index (κ2) is 14.9. The SMILES string of the molecule is CNC1C(O)C(OC2C(NC(=O)C3(O)CC3N=C(N)N)CC(N)C(C3OC(CN)=CCC3NCC(O)CCN)C2O)OCC1(C)O. The molecule has 14 atom stereocenters. The van der Waals surface area contributed by atoms with Gasteiger partial charge in [-0.3, -0.25) is 4.79 Å². The van der Waals surface area contributed by atoms with Crippen LogP contribution in [0.4, 0.5) is 0 Å². The first-order valence-electron chi connectivity index (χ1n) is 15.7. The monoisotopic (exact) mass is 659 g/mol. The van der Waals surface area contributed by atoms with Crippen molar-refractivity contribution < 1.29 is 44.5 Å². The number of aliphatic imine (C=N–C) groups is 1. The van der Waals surface area contributed by atoms with Crippen LogP contribution in [0.1, 0.15) is 32.6 Å². The van der Waals surface area contributed by atoms with E-state index in [1.54, 1.807) is 7.05 Å². The van der Waals surface area contributed by atoms with E-state index in [0.717, 1.165) is 0 Å². The third-order valence-electron chi connectivity index (χ3n) is 9.47. The van der Waals surface area contributed by atoms with Crippen LogP contribution in [0.3, 0.4) is 0 Å². The Morgan fingerprint density at radius 3 is 2.57 bits per heavy atom. The Hall–Kier alpha value is -2.20. The summed E-state index contributed by atoms with van der Waals surface area (Å²) in [6.07, 6.45) is -4.01. The number of hydrogen-bond donors (Lipinski definition) is 13. The summed E-state index contributed by atoms with van der Waals surface area (Å²) in [5.41, 5.74) is 25.8. The van der Waals surface area contributed by atoms with Gasteiger partial charge < -0.3 is 84.4 Å². The Morgan fingerprint density at radius 1 is 1.22 bits per heavy atom. The van der Waals surface area contributed by atoms with Gasteiger partial charge in [-0.05, 0) is 45.9 Å². The molecule has 1 amide bonds. The maximum atomic E-state index is 13.3. The number of likely N-dealkylation sites (N-methyl/N-ethyl adjacent to an activating group) is 1. The summed E-state index contributed by atoms with van der Waals surface area (Å²) in [5.74, 6) is -1.34. The number of aliphatic hydroxyl groups excluding tert-OH is 3. The fraction of sp³-hybridized carbons (Fsp3) is 0.857. The lowest BCUT2D eigenvalue weighted by Gasteiger charge is -2.51. The molecule has 18 heteroatoms. The third kappa shape index (κ3) is 7.91. The summed E-state index contributed by atoms with van der Waals surface area (Å²) < 4.78 is 18.2. The van der Waals surface area contributed by atoms with Crippen LogP contribution in [-0.4, -0.2) is 149 Å². The first-order chi connectivity index (χ1) is 21.7. The molecule has 4 rings (SSSR count). The Balaban J connectivity index is 1.61. The highest BCUT2D eigenvalue weighted by atomic mass is 16.7. The maximum Gasteiger partial charge on any atom is 0.254 e. The summed E-state index contributed by atoms with van der Waals surface area (Å²) in [6.45, 7) is 1.94. The third-order valence-corrected chi connectivity index (χ3v) is 9.47. The number of rotatable bonds is 13. The van der Waals surface area contributed by atoms with Crippen LogP contribution in [0, 0.1) is 5.92 Å². The average molecular weight is 660 g/mol. The van der Waals surface area contributed by atoms with E-state index in [2.05, 4.69) is 20.9 Å². The summed E-state index contributed by atoms with van der Waals surface area (Å²) in [7, 11) is 1.57. The molecule has 0 radical (unpaired) electrons. The van der Waals surface area contributed by atoms with Crippen molar-refractivity contribution >= 4 is 11.9 Å². The molecule has 264 valence electrons.